The van der Waals surface area contributed by atoms with Crippen LogP contribution in [-0.2, 0) is 36.7 Å². The van der Waals surface area contributed by atoms with Crippen molar-refractivity contribution < 1.29 is 26.5 Å². The average molecular weight is 692 g/mol. The number of aryl methyl sites for hydroxylation is 1. The van der Waals surface area contributed by atoms with Gasteiger partial charge in [0.1, 0.15) is 0 Å². The van der Waals surface area contributed by atoms with Gasteiger partial charge in [-0.1, -0.05) is 71.8 Å². The number of ether oxygens (including phenoxy) is 1. The Morgan fingerprint density at radius 1 is 0.915 bits per heavy atom. The van der Waals surface area contributed by atoms with Gasteiger partial charge in [0.2, 0.25) is 10.0 Å². The van der Waals surface area contributed by atoms with E-state index in [1.54, 1.807) is 30.3 Å². The second kappa shape index (κ2) is 11.6. The lowest BCUT2D eigenvalue weighted by Gasteiger charge is -2.47. The first-order valence-corrected chi connectivity index (χ1v) is 18.2. The minimum absolute atomic E-state index is 0.0343. The van der Waals surface area contributed by atoms with E-state index in [4.69, 9.17) is 16.3 Å². The summed E-state index contributed by atoms with van der Waals surface area (Å²) in [5.74, 6) is 0. The Bertz CT molecular complexity index is 2270. The van der Waals surface area contributed by atoms with Gasteiger partial charge in [-0.2, -0.15) is 4.31 Å². The SMILES string of the molecule is Cc1ccc(S(=O)(=O)n2c3c(c4ccccc42)C2(CCOC(c4cccc(Cl)c4)C2)CN(S(=O)(=O)c2ccccc2[N+](=O)[O-])C3)cc1. The van der Waals surface area contributed by atoms with Crippen molar-refractivity contribution in [1.82, 2.24) is 8.28 Å². The number of para-hydroxylation sites is 2. The molecule has 0 bridgehead atoms. The lowest BCUT2D eigenvalue weighted by atomic mass is 9.69. The van der Waals surface area contributed by atoms with E-state index in [9.17, 15) is 26.9 Å². The number of hydrogen-bond donors (Lipinski definition) is 0. The molecule has 7 rings (SSSR count). The van der Waals surface area contributed by atoms with Gasteiger partial charge in [0.05, 0.1) is 33.7 Å². The molecule has 0 amide bonds. The van der Waals surface area contributed by atoms with Gasteiger partial charge in [-0.3, -0.25) is 10.1 Å². The molecule has 2 aliphatic heterocycles. The second-order valence-corrected chi connectivity index (χ2v) is 16.2. The predicted molar refractivity (Wildman–Crippen MR) is 177 cm³/mol. The maximum Gasteiger partial charge on any atom is 0.289 e. The van der Waals surface area contributed by atoms with Gasteiger partial charge in [-0.15, -0.1) is 0 Å². The highest BCUT2D eigenvalue weighted by atomic mass is 35.5. The third kappa shape index (κ3) is 5.24. The van der Waals surface area contributed by atoms with Gasteiger partial charge in [0.15, 0.2) is 4.90 Å². The van der Waals surface area contributed by atoms with Gasteiger partial charge in [-0.25, -0.2) is 20.8 Å². The van der Waals surface area contributed by atoms with E-state index in [1.807, 2.05) is 37.3 Å². The fraction of sp³-hybridized carbons (Fsp3) is 0.235. The minimum atomic E-state index is -4.49. The number of rotatable bonds is 6. The van der Waals surface area contributed by atoms with E-state index in [2.05, 4.69) is 0 Å². The summed E-state index contributed by atoms with van der Waals surface area (Å²) in [5.41, 5.74) is 1.70. The molecule has 0 radical (unpaired) electrons. The first-order valence-electron chi connectivity index (χ1n) is 15.0. The molecule has 2 unspecified atom stereocenters. The van der Waals surface area contributed by atoms with Crippen molar-refractivity contribution in [3.63, 3.8) is 0 Å². The zero-order chi connectivity index (χ0) is 33.1. The molecule has 0 aliphatic carbocycles. The van der Waals surface area contributed by atoms with Gasteiger partial charge in [-0.05, 0) is 67.3 Å². The number of benzene rings is 4. The predicted octanol–water partition coefficient (Wildman–Crippen LogP) is 6.74. The number of aromatic nitrogens is 1. The van der Waals surface area contributed by atoms with Crippen molar-refractivity contribution in [2.24, 2.45) is 0 Å². The smallest absolute Gasteiger partial charge is 0.289 e. The molecular weight excluding hydrogens is 662 g/mol. The first kappa shape index (κ1) is 31.5. The number of halogens is 1. The van der Waals surface area contributed by atoms with E-state index in [-0.39, 0.29) is 24.6 Å². The van der Waals surface area contributed by atoms with Gasteiger partial charge in [0.25, 0.3) is 15.7 Å². The summed E-state index contributed by atoms with van der Waals surface area (Å²) in [4.78, 5) is 10.9. The summed E-state index contributed by atoms with van der Waals surface area (Å²) in [7, 11) is -8.72. The molecule has 13 heteroatoms. The third-order valence-electron chi connectivity index (χ3n) is 9.20. The molecule has 2 aliphatic rings. The lowest BCUT2D eigenvalue weighted by Crippen LogP contribution is -2.51. The number of nitro groups is 1. The molecule has 0 saturated carbocycles. The van der Waals surface area contributed by atoms with Crippen LogP contribution in [0.1, 0.15) is 41.3 Å². The van der Waals surface area contributed by atoms with Crippen LogP contribution in [0.15, 0.2) is 107 Å². The number of fused-ring (bicyclic) bond motifs is 4. The number of sulfonamides is 1. The molecule has 1 spiro atoms. The summed E-state index contributed by atoms with van der Waals surface area (Å²) < 4.78 is 66.6. The average Bonchev–Trinajstić information content (AvgIpc) is 3.41. The highest BCUT2D eigenvalue weighted by molar-refractivity contribution is 7.90. The van der Waals surface area contributed by atoms with Crippen LogP contribution in [0, 0.1) is 17.0 Å². The Morgan fingerprint density at radius 2 is 1.64 bits per heavy atom. The normalized spacial score (nSPS) is 20.3. The molecule has 5 aromatic rings. The van der Waals surface area contributed by atoms with Crippen molar-refractivity contribution >= 4 is 48.2 Å². The second-order valence-electron chi connectivity index (χ2n) is 12.1. The standard InChI is InChI=1S/C34H30ClN3O7S2/c1-23-13-15-26(16-14-23)46(41,42)37-28-10-3-2-9-27(28)33-30(37)21-36(47(43,44)32-12-5-4-11-29(32)38(39)40)22-34(33)17-18-45-31(20-34)24-7-6-8-25(35)19-24/h2-16,19,31H,17-18,20-22H2,1H3. The maximum atomic E-state index is 14.5. The van der Waals surface area contributed by atoms with Gasteiger partial charge in [0, 0.05) is 35.0 Å². The van der Waals surface area contributed by atoms with Crippen molar-refractivity contribution in [2.45, 2.75) is 47.6 Å². The van der Waals surface area contributed by atoms with Crippen LogP contribution in [-0.4, -0.2) is 43.2 Å². The Morgan fingerprint density at radius 3 is 2.38 bits per heavy atom. The Balaban J connectivity index is 1.49. The molecule has 1 fully saturated rings. The van der Waals surface area contributed by atoms with Gasteiger partial charge >= 0.3 is 0 Å². The topological polar surface area (TPSA) is 129 Å². The Kier molecular flexibility index (Phi) is 7.76. The third-order valence-corrected chi connectivity index (χ3v) is 13.0. The van der Waals surface area contributed by atoms with E-state index in [1.165, 1.54) is 38.6 Å². The molecule has 0 N–H and O–H groups in total. The van der Waals surface area contributed by atoms with Crippen molar-refractivity contribution in [3.8, 4) is 0 Å². The number of nitro benzene ring substituents is 1. The fourth-order valence-electron chi connectivity index (χ4n) is 7.07. The summed E-state index contributed by atoms with van der Waals surface area (Å²) in [6, 6.07) is 26.2. The van der Waals surface area contributed by atoms with Crippen molar-refractivity contribution in [2.75, 3.05) is 13.2 Å². The molecule has 2 atom stereocenters. The first-order chi connectivity index (χ1) is 22.4. The molecular formula is C34H30ClN3O7S2. The summed E-state index contributed by atoms with van der Waals surface area (Å²) in [6.45, 7) is 1.78. The van der Waals surface area contributed by atoms with Crippen LogP contribution in [0.2, 0.25) is 5.02 Å². The van der Waals surface area contributed by atoms with Crippen LogP contribution in [0.4, 0.5) is 5.69 Å². The highest BCUT2D eigenvalue weighted by Gasteiger charge is 2.51. The molecule has 242 valence electrons. The summed E-state index contributed by atoms with van der Waals surface area (Å²) in [5, 5.41) is 13.2. The van der Waals surface area contributed by atoms with Crippen molar-refractivity contribution in [1.29, 1.82) is 0 Å². The van der Waals surface area contributed by atoms with Crippen LogP contribution in [0.25, 0.3) is 10.9 Å². The number of hydrogen-bond acceptors (Lipinski definition) is 7. The molecule has 3 heterocycles. The van der Waals surface area contributed by atoms with E-state index >= 15 is 0 Å². The van der Waals surface area contributed by atoms with Crippen LogP contribution < -0.4 is 0 Å². The minimum Gasteiger partial charge on any atom is -0.373 e. The van der Waals surface area contributed by atoms with Gasteiger partial charge < -0.3 is 4.74 Å². The zero-order valence-corrected chi connectivity index (χ0v) is 27.6. The van der Waals surface area contributed by atoms with E-state index in [0.29, 0.717) is 34.5 Å². The molecule has 10 nitrogen and oxygen atoms in total. The molecule has 1 aromatic heterocycles. The molecule has 47 heavy (non-hydrogen) atoms. The van der Waals surface area contributed by atoms with E-state index < -0.39 is 47.1 Å². The zero-order valence-electron chi connectivity index (χ0n) is 25.2. The van der Waals surface area contributed by atoms with Crippen LogP contribution in [0.5, 0.6) is 0 Å². The van der Waals surface area contributed by atoms with Crippen molar-refractivity contribution in [3.05, 3.63) is 135 Å². The molecule has 4 aromatic carbocycles. The monoisotopic (exact) mass is 691 g/mol. The van der Waals surface area contributed by atoms with Crippen LogP contribution >= 0.6 is 11.6 Å². The highest BCUT2D eigenvalue weighted by Crippen LogP contribution is 2.52. The quantitative estimate of drug-likeness (QED) is 0.142. The Hall–Kier alpha value is -4.07. The molecule has 1 saturated heterocycles. The largest absolute Gasteiger partial charge is 0.373 e. The lowest BCUT2D eigenvalue weighted by molar-refractivity contribution is -0.387. The summed E-state index contributed by atoms with van der Waals surface area (Å²) >= 11 is 6.35. The fourth-order valence-corrected chi connectivity index (χ4v) is 10.5. The van der Waals surface area contributed by atoms with Crippen LogP contribution in [0.3, 0.4) is 0 Å². The summed E-state index contributed by atoms with van der Waals surface area (Å²) in [6.07, 6.45) is 0.236. The maximum absolute atomic E-state index is 14.5. The Labute approximate surface area is 277 Å². The van der Waals surface area contributed by atoms with E-state index in [0.717, 1.165) is 22.8 Å². The number of nitrogens with zero attached hydrogens (tertiary/aromatic N) is 3.